The highest BCUT2D eigenvalue weighted by molar-refractivity contribution is 5.17. The fraction of sp³-hybridized carbons (Fsp3) is 0.625. The lowest BCUT2D eigenvalue weighted by molar-refractivity contribution is 0.554. The van der Waals surface area contributed by atoms with Gasteiger partial charge >= 0.3 is 5.69 Å². The number of nitrogens with one attached hydrogen (secondary N) is 1. The van der Waals surface area contributed by atoms with Gasteiger partial charge < -0.3 is 10.7 Å². The molecule has 0 amide bonds. The molecule has 0 saturated heterocycles. The van der Waals surface area contributed by atoms with Crippen molar-refractivity contribution in [1.82, 2.24) is 9.55 Å². The third kappa shape index (κ3) is 0.992. The Labute approximate surface area is 70.4 Å². The first-order valence-electron chi connectivity index (χ1n) is 4.21. The number of H-pyrrole nitrogens is 1. The fourth-order valence-corrected chi connectivity index (χ4v) is 1.78. The topological polar surface area (TPSA) is 63.8 Å². The minimum absolute atomic E-state index is 0.0194. The van der Waals surface area contributed by atoms with E-state index in [0.717, 1.165) is 30.7 Å². The normalized spacial score (nSPS) is 22.3. The maximum atomic E-state index is 11.2. The molecule has 1 heterocycles. The number of nitrogens with zero attached hydrogens (tertiary/aromatic N) is 1. The number of aromatic amines is 1. The van der Waals surface area contributed by atoms with Crippen molar-refractivity contribution in [3.8, 4) is 0 Å². The zero-order valence-electron chi connectivity index (χ0n) is 7.13. The number of rotatable bonds is 0. The molecule has 4 nitrogen and oxygen atoms in total. The summed E-state index contributed by atoms with van der Waals surface area (Å²) in [5, 5.41) is 0. The number of hydrogen-bond acceptors (Lipinski definition) is 2. The molecular weight excluding hydrogens is 154 g/mol. The van der Waals surface area contributed by atoms with E-state index in [1.165, 1.54) is 0 Å². The zero-order valence-corrected chi connectivity index (χ0v) is 7.13. The summed E-state index contributed by atoms with van der Waals surface area (Å²) >= 11 is 0. The highest BCUT2D eigenvalue weighted by Crippen LogP contribution is 2.16. The van der Waals surface area contributed by atoms with Gasteiger partial charge in [-0.05, 0) is 12.8 Å². The molecule has 1 aromatic heterocycles. The summed E-state index contributed by atoms with van der Waals surface area (Å²) < 4.78 is 1.68. The molecule has 0 saturated carbocycles. The highest BCUT2D eigenvalue weighted by Gasteiger charge is 2.19. The van der Waals surface area contributed by atoms with Crippen LogP contribution in [-0.2, 0) is 19.9 Å². The lowest BCUT2D eigenvalue weighted by atomic mass is 9.97. The smallest absolute Gasteiger partial charge is 0.325 e. The monoisotopic (exact) mass is 167 g/mol. The van der Waals surface area contributed by atoms with Crippen molar-refractivity contribution >= 4 is 0 Å². The van der Waals surface area contributed by atoms with Crippen LogP contribution in [0.1, 0.15) is 17.8 Å². The molecule has 0 aromatic carbocycles. The third-order valence-electron chi connectivity index (χ3n) is 2.53. The summed E-state index contributed by atoms with van der Waals surface area (Å²) in [6, 6.07) is 0.218. The molecule has 1 atom stereocenters. The second-order valence-corrected chi connectivity index (χ2v) is 3.42. The molecule has 2 rings (SSSR count). The summed E-state index contributed by atoms with van der Waals surface area (Å²) in [7, 11) is 1.80. The number of imidazole rings is 1. The summed E-state index contributed by atoms with van der Waals surface area (Å²) in [5.74, 6) is 0. The first kappa shape index (κ1) is 7.61. The van der Waals surface area contributed by atoms with Crippen LogP contribution in [-0.4, -0.2) is 15.6 Å². The average Bonchev–Trinajstić information content (AvgIpc) is 2.28. The van der Waals surface area contributed by atoms with Gasteiger partial charge in [-0.25, -0.2) is 4.79 Å². The van der Waals surface area contributed by atoms with Gasteiger partial charge in [-0.15, -0.1) is 0 Å². The Hall–Kier alpha value is -1.03. The van der Waals surface area contributed by atoms with Gasteiger partial charge in [0.05, 0.1) is 0 Å². The number of nitrogens with two attached hydrogens (primary N) is 1. The van der Waals surface area contributed by atoms with Gasteiger partial charge in [0.2, 0.25) is 0 Å². The van der Waals surface area contributed by atoms with Gasteiger partial charge in [-0.3, -0.25) is 4.57 Å². The van der Waals surface area contributed by atoms with E-state index < -0.39 is 0 Å². The van der Waals surface area contributed by atoms with Crippen molar-refractivity contribution in [3.05, 3.63) is 21.9 Å². The predicted octanol–water partition coefficient (Wildman–Crippen LogP) is -0.471. The molecule has 4 heteroatoms. The first-order valence-corrected chi connectivity index (χ1v) is 4.21. The molecule has 1 aliphatic carbocycles. The lowest BCUT2D eigenvalue weighted by Crippen LogP contribution is -2.28. The molecule has 12 heavy (non-hydrogen) atoms. The van der Waals surface area contributed by atoms with Gasteiger partial charge in [0, 0.05) is 30.9 Å². The van der Waals surface area contributed by atoms with E-state index in [4.69, 9.17) is 5.73 Å². The standard InChI is InChI=1S/C8H13N3O/c1-11-7-3-2-5(9)4-6(7)10-8(11)12/h5H,2-4,9H2,1H3,(H,10,12). The summed E-state index contributed by atoms with van der Waals surface area (Å²) in [6.07, 6.45) is 2.72. The van der Waals surface area contributed by atoms with E-state index in [2.05, 4.69) is 4.98 Å². The molecule has 0 fully saturated rings. The number of fused-ring (bicyclic) bond motifs is 1. The summed E-state index contributed by atoms with van der Waals surface area (Å²) in [5.41, 5.74) is 7.91. The largest absolute Gasteiger partial charge is 0.327 e. The molecule has 1 aliphatic rings. The Morgan fingerprint density at radius 1 is 1.67 bits per heavy atom. The highest BCUT2D eigenvalue weighted by atomic mass is 16.1. The number of hydrogen-bond donors (Lipinski definition) is 2. The van der Waals surface area contributed by atoms with Crippen molar-refractivity contribution in [3.63, 3.8) is 0 Å². The van der Waals surface area contributed by atoms with Gasteiger partial charge in [0.15, 0.2) is 0 Å². The van der Waals surface area contributed by atoms with E-state index in [0.29, 0.717) is 0 Å². The van der Waals surface area contributed by atoms with Crippen molar-refractivity contribution < 1.29 is 0 Å². The Bertz CT molecular complexity index is 350. The van der Waals surface area contributed by atoms with E-state index >= 15 is 0 Å². The van der Waals surface area contributed by atoms with Crippen LogP contribution in [0.3, 0.4) is 0 Å². The van der Waals surface area contributed by atoms with Crippen LogP contribution in [0.15, 0.2) is 4.79 Å². The van der Waals surface area contributed by atoms with Gasteiger partial charge in [-0.1, -0.05) is 0 Å². The minimum Gasteiger partial charge on any atom is -0.327 e. The maximum absolute atomic E-state index is 11.2. The molecular formula is C8H13N3O. The second kappa shape index (κ2) is 2.48. The fourth-order valence-electron chi connectivity index (χ4n) is 1.78. The second-order valence-electron chi connectivity index (χ2n) is 3.42. The Morgan fingerprint density at radius 2 is 2.42 bits per heavy atom. The van der Waals surface area contributed by atoms with Crippen LogP contribution < -0.4 is 11.4 Å². The molecule has 0 radical (unpaired) electrons. The molecule has 0 aliphatic heterocycles. The van der Waals surface area contributed by atoms with Crippen molar-refractivity contribution in [1.29, 1.82) is 0 Å². The summed E-state index contributed by atoms with van der Waals surface area (Å²) in [4.78, 5) is 14.0. The van der Waals surface area contributed by atoms with E-state index in [-0.39, 0.29) is 11.7 Å². The van der Waals surface area contributed by atoms with Crippen LogP contribution in [0, 0.1) is 0 Å². The summed E-state index contributed by atoms with van der Waals surface area (Å²) in [6.45, 7) is 0. The Balaban J connectivity index is 2.50. The van der Waals surface area contributed by atoms with Gasteiger partial charge in [-0.2, -0.15) is 0 Å². The van der Waals surface area contributed by atoms with Crippen LogP contribution >= 0.6 is 0 Å². The lowest BCUT2D eigenvalue weighted by Gasteiger charge is -2.17. The van der Waals surface area contributed by atoms with Crippen molar-refractivity contribution in [2.24, 2.45) is 12.8 Å². The van der Waals surface area contributed by atoms with Crippen LogP contribution in [0.25, 0.3) is 0 Å². The Kier molecular flexibility index (Phi) is 1.58. The maximum Gasteiger partial charge on any atom is 0.325 e. The van der Waals surface area contributed by atoms with Gasteiger partial charge in [0.25, 0.3) is 0 Å². The van der Waals surface area contributed by atoms with Crippen LogP contribution in [0.4, 0.5) is 0 Å². The first-order chi connectivity index (χ1) is 5.68. The van der Waals surface area contributed by atoms with E-state index in [1.54, 1.807) is 11.6 Å². The zero-order chi connectivity index (χ0) is 8.72. The van der Waals surface area contributed by atoms with Crippen LogP contribution in [0.5, 0.6) is 0 Å². The third-order valence-corrected chi connectivity index (χ3v) is 2.53. The molecule has 0 bridgehead atoms. The molecule has 1 aromatic rings. The quantitative estimate of drug-likeness (QED) is 0.548. The molecule has 66 valence electrons. The predicted molar refractivity (Wildman–Crippen MR) is 46.0 cm³/mol. The van der Waals surface area contributed by atoms with Gasteiger partial charge in [0.1, 0.15) is 0 Å². The SMILES string of the molecule is Cn1c2c([nH]c1=O)CC(N)CC2. The van der Waals surface area contributed by atoms with E-state index in [1.807, 2.05) is 0 Å². The molecule has 1 unspecified atom stereocenters. The minimum atomic E-state index is -0.0194. The molecule has 3 N–H and O–H groups in total. The molecule has 0 spiro atoms. The Morgan fingerprint density at radius 3 is 3.17 bits per heavy atom. The van der Waals surface area contributed by atoms with E-state index in [9.17, 15) is 4.79 Å². The average molecular weight is 167 g/mol. The van der Waals surface area contributed by atoms with Crippen molar-refractivity contribution in [2.75, 3.05) is 0 Å². The van der Waals surface area contributed by atoms with Crippen molar-refractivity contribution in [2.45, 2.75) is 25.3 Å². The number of aromatic nitrogens is 2. The van der Waals surface area contributed by atoms with Crippen LogP contribution in [0.2, 0.25) is 0 Å².